The molecule has 0 saturated carbocycles. The van der Waals surface area contributed by atoms with Crippen LogP contribution >= 0.6 is 0 Å². The molecule has 0 atom stereocenters. The van der Waals surface area contributed by atoms with Crippen LogP contribution in [0.3, 0.4) is 0 Å². The first-order valence-corrected chi connectivity index (χ1v) is 5.83. The molecule has 0 rings (SSSR count). The Bertz CT molecular complexity index is 238. The fraction of sp³-hybridized carbons (Fsp3) is 0. The van der Waals surface area contributed by atoms with Crippen molar-refractivity contribution < 1.29 is 59.5 Å². The van der Waals surface area contributed by atoms with E-state index in [1.54, 1.807) is 0 Å². The second kappa shape index (κ2) is 6.43. The van der Waals surface area contributed by atoms with Crippen molar-refractivity contribution in [2.45, 2.75) is 0 Å². The van der Waals surface area contributed by atoms with Crippen LogP contribution in [0.2, 0.25) is 0 Å². The fourth-order valence-corrected chi connectivity index (χ4v) is 0. The molecule has 11 heavy (non-hydrogen) atoms. The van der Waals surface area contributed by atoms with Crippen molar-refractivity contribution in [3.05, 3.63) is 0 Å². The van der Waals surface area contributed by atoms with Crippen LogP contribution in [0.1, 0.15) is 0 Å². The van der Waals surface area contributed by atoms with Gasteiger partial charge in [0.1, 0.15) is 0 Å². The van der Waals surface area contributed by atoms with Gasteiger partial charge in [-0.1, -0.05) is 0 Å². The Morgan fingerprint density at radius 3 is 1.00 bits per heavy atom. The van der Waals surface area contributed by atoms with Crippen LogP contribution in [0.25, 0.3) is 0 Å². The molecular formula is H6MgMnO8V. The molecule has 0 saturated heterocycles. The average molecular weight is 264 g/mol. The maximum absolute atomic E-state index is 8.94. The molecule has 0 unspecified atom stereocenters. The van der Waals surface area contributed by atoms with E-state index in [9.17, 15) is 0 Å². The molecule has 0 fully saturated rings. The van der Waals surface area contributed by atoms with Crippen LogP contribution in [0, 0.1) is 0 Å². The summed E-state index contributed by atoms with van der Waals surface area (Å²) in [6.07, 6.45) is 0. The Hall–Kier alpha value is 0.910. The topological polar surface area (TPSA) is 149 Å². The third kappa shape index (κ3) is 1050. The number of hydrogen-bond acceptors (Lipinski definition) is 4. The molecule has 0 spiro atoms. The van der Waals surface area contributed by atoms with E-state index in [2.05, 4.69) is 0 Å². The Morgan fingerprint density at radius 2 is 1.00 bits per heavy atom. The molecule has 68 valence electrons. The molecule has 0 aliphatic heterocycles. The molecule has 0 heterocycles. The average Bonchev–Trinajstić information content (AvgIpc) is 1.12. The molecule has 11 heteroatoms. The summed E-state index contributed by atoms with van der Waals surface area (Å²) in [4.78, 5) is 0. The molecule has 4 N–H and O–H groups in total. The number of rotatable bonds is 0. The third-order valence-electron chi connectivity index (χ3n) is 0. The van der Waals surface area contributed by atoms with Crippen molar-refractivity contribution in [3.63, 3.8) is 0 Å². The summed E-state index contributed by atoms with van der Waals surface area (Å²) >= 11 is -10.5. The molecule has 0 aliphatic carbocycles. The van der Waals surface area contributed by atoms with Crippen molar-refractivity contribution >= 4 is 23.1 Å². The van der Waals surface area contributed by atoms with E-state index in [1.807, 2.05) is 0 Å². The summed E-state index contributed by atoms with van der Waals surface area (Å²) in [6, 6.07) is 0. The predicted octanol–water partition coefficient (Wildman–Crippen LogP) is -3.62. The van der Waals surface area contributed by atoms with Crippen molar-refractivity contribution in [3.8, 4) is 0 Å². The van der Waals surface area contributed by atoms with Gasteiger partial charge in [0.15, 0.2) is 0 Å². The first kappa shape index (κ1) is 17.9. The van der Waals surface area contributed by atoms with E-state index in [4.69, 9.17) is 31.5 Å². The van der Waals surface area contributed by atoms with Crippen molar-refractivity contribution in [1.29, 1.82) is 0 Å². The molecular weight excluding hydrogens is 258 g/mol. The van der Waals surface area contributed by atoms with Gasteiger partial charge in [-0.15, -0.1) is 0 Å². The van der Waals surface area contributed by atoms with Gasteiger partial charge in [-0.25, -0.2) is 0 Å². The summed E-state index contributed by atoms with van der Waals surface area (Å²) in [7, 11) is 0. The molecule has 0 amide bonds. The monoisotopic (exact) mass is 264 g/mol. The van der Waals surface area contributed by atoms with Crippen LogP contribution in [-0.2, 0) is 43.2 Å². The molecule has 0 bridgehead atoms. The van der Waals surface area contributed by atoms with Gasteiger partial charge in [0, 0.05) is 0 Å². The van der Waals surface area contributed by atoms with Gasteiger partial charge in [0.25, 0.3) is 0 Å². The van der Waals surface area contributed by atoms with Gasteiger partial charge < -0.3 is 0 Å². The Balaban J connectivity index is -0.000000107. The number of hydrogen-bond donors (Lipinski definition) is 4. The second-order valence-electron chi connectivity index (χ2n) is 0.909. The minimum absolute atomic E-state index is 0. The van der Waals surface area contributed by atoms with E-state index in [0.29, 0.717) is 0 Å². The van der Waals surface area contributed by atoms with Gasteiger partial charge in [-0.3, -0.25) is 0 Å². The van der Waals surface area contributed by atoms with Gasteiger partial charge in [-0.2, -0.15) is 0 Å². The predicted molar refractivity (Wildman–Crippen MR) is 20.2 cm³/mol. The fourth-order valence-electron chi connectivity index (χ4n) is 0. The van der Waals surface area contributed by atoms with Crippen LogP contribution in [-0.4, -0.2) is 39.3 Å². The maximum atomic E-state index is 8.94. The molecule has 0 aromatic heterocycles. The molecule has 8 nitrogen and oxygen atoms in total. The van der Waals surface area contributed by atoms with Gasteiger partial charge >= 0.3 is 82.5 Å². The van der Waals surface area contributed by atoms with Crippen LogP contribution in [0.5, 0.6) is 0 Å². The second-order valence-corrected chi connectivity index (χ2v) is 3.75. The molecule has 0 aromatic rings. The minimum atomic E-state index is -5.38. The summed E-state index contributed by atoms with van der Waals surface area (Å²) < 4.78 is 63.8. The summed E-state index contributed by atoms with van der Waals surface area (Å²) in [6.45, 7) is 0. The summed E-state index contributed by atoms with van der Waals surface area (Å²) in [5.41, 5.74) is 0. The first-order valence-electron chi connectivity index (χ1n) is 1.41. The molecule has 0 radical (unpaired) electrons. The van der Waals surface area contributed by atoms with E-state index in [1.165, 1.54) is 0 Å². The van der Waals surface area contributed by atoms with Crippen molar-refractivity contribution in [2.75, 3.05) is 0 Å². The Labute approximate surface area is 82.1 Å². The Morgan fingerprint density at radius 1 is 1.00 bits per heavy atom. The third-order valence-corrected chi connectivity index (χ3v) is 0. The van der Waals surface area contributed by atoms with E-state index in [-0.39, 0.29) is 23.1 Å². The van der Waals surface area contributed by atoms with Crippen LogP contribution in [0.15, 0.2) is 0 Å². The zero-order chi connectivity index (χ0) is 9.00. The van der Waals surface area contributed by atoms with E-state index in [0.717, 1.165) is 0 Å². The SMILES string of the molecule is [MgH2].[O]=[Mn](=[O])(=[O])[OH].[O]=[V]([OH])([OH])[OH]. The van der Waals surface area contributed by atoms with Crippen LogP contribution < -0.4 is 0 Å². The van der Waals surface area contributed by atoms with Crippen molar-refractivity contribution in [2.24, 2.45) is 0 Å². The standard InChI is InChI=1S/Mg.Mn.4H2O.4O.V.2H/h;;4*1H2;;;;;;;/q;+1;;;;;;;;;+3;;/p-4. The summed E-state index contributed by atoms with van der Waals surface area (Å²) in [5, 5.41) is 0. The zero-order valence-corrected chi connectivity index (χ0v) is 6.82. The van der Waals surface area contributed by atoms with Gasteiger partial charge in [0.2, 0.25) is 0 Å². The summed E-state index contributed by atoms with van der Waals surface area (Å²) in [5.74, 6) is 0. The molecule has 0 aliphatic rings. The van der Waals surface area contributed by atoms with Crippen molar-refractivity contribution in [1.82, 2.24) is 0 Å². The zero-order valence-electron chi connectivity index (χ0n) is 4.25. The quantitative estimate of drug-likeness (QED) is 0.327. The Kier molecular flexibility index (Phi) is 10.4. The van der Waals surface area contributed by atoms with Gasteiger partial charge in [0.05, 0.1) is 0 Å². The van der Waals surface area contributed by atoms with Crippen LogP contribution in [0.4, 0.5) is 0 Å². The van der Waals surface area contributed by atoms with E-state index < -0.39 is 28.0 Å². The van der Waals surface area contributed by atoms with Gasteiger partial charge in [-0.05, 0) is 0 Å². The first-order chi connectivity index (χ1) is 4.00. The molecule has 0 aromatic carbocycles. The normalized spacial score (nSPS) is 10.5. The van der Waals surface area contributed by atoms with E-state index >= 15 is 0 Å².